The van der Waals surface area contributed by atoms with Crippen molar-refractivity contribution in [1.82, 2.24) is 15.1 Å². The lowest BCUT2D eigenvalue weighted by molar-refractivity contribution is -0.0704. The number of rotatable bonds is 4. The molecule has 0 bridgehead atoms. The second-order valence-corrected chi connectivity index (χ2v) is 7.78. The molecule has 0 radical (unpaired) electrons. The number of hydrogen-bond acceptors (Lipinski definition) is 4. The Labute approximate surface area is 156 Å². The number of carbonyl (C=O) groups is 1. The molecule has 2 unspecified atom stereocenters. The van der Waals surface area contributed by atoms with Gasteiger partial charge in [-0.15, -0.1) is 0 Å². The van der Waals surface area contributed by atoms with Crippen LogP contribution in [0.3, 0.4) is 0 Å². The van der Waals surface area contributed by atoms with Gasteiger partial charge in [-0.2, -0.15) is 0 Å². The number of carbonyl (C=O) groups excluding carboxylic acids is 1. The fraction of sp³-hybridized carbons (Fsp3) is 0.650. The Kier molecular flexibility index (Phi) is 6.51. The largest absolute Gasteiger partial charge is 0.373 e. The zero-order valence-corrected chi connectivity index (χ0v) is 16.2. The minimum Gasteiger partial charge on any atom is -0.373 e. The van der Waals surface area contributed by atoms with Gasteiger partial charge >= 0.3 is 6.03 Å². The summed E-state index contributed by atoms with van der Waals surface area (Å²) >= 11 is 0. The van der Waals surface area contributed by atoms with Crippen LogP contribution < -0.4 is 10.6 Å². The first kappa shape index (κ1) is 19.1. The molecule has 3 rings (SSSR count). The van der Waals surface area contributed by atoms with Crippen LogP contribution in [0.25, 0.3) is 0 Å². The van der Waals surface area contributed by atoms with Gasteiger partial charge in [-0.25, -0.2) is 4.79 Å². The summed E-state index contributed by atoms with van der Waals surface area (Å²) in [7, 11) is 2.12. The summed E-state index contributed by atoms with van der Waals surface area (Å²) in [5.41, 5.74) is 2.04. The zero-order chi connectivity index (χ0) is 18.5. The van der Waals surface area contributed by atoms with Crippen molar-refractivity contribution in [3.8, 4) is 0 Å². The fourth-order valence-electron chi connectivity index (χ4n) is 3.93. The summed E-state index contributed by atoms with van der Waals surface area (Å²) in [4.78, 5) is 17.1. The molecule has 6 nitrogen and oxygen atoms in total. The summed E-state index contributed by atoms with van der Waals surface area (Å²) in [5.74, 6) is 0. The average Bonchev–Trinajstić information content (AvgIpc) is 2.58. The molecule has 2 atom stereocenters. The molecule has 2 heterocycles. The normalized spacial score (nSPS) is 25.8. The van der Waals surface area contributed by atoms with E-state index in [1.165, 1.54) is 0 Å². The van der Waals surface area contributed by atoms with Crippen LogP contribution in [0, 0.1) is 0 Å². The molecule has 144 valence electrons. The predicted molar refractivity (Wildman–Crippen MR) is 104 cm³/mol. The van der Waals surface area contributed by atoms with Crippen molar-refractivity contribution in [3.05, 3.63) is 29.8 Å². The van der Waals surface area contributed by atoms with Crippen LogP contribution in [0.15, 0.2) is 24.3 Å². The topological polar surface area (TPSA) is 56.8 Å². The molecular weight excluding hydrogens is 328 g/mol. The number of likely N-dealkylation sites (tertiary alicyclic amines) is 1. The fourth-order valence-corrected chi connectivity index (χ4v) is 3.93. The highest BCUT2D eigenvalue weighted by atomic mass is 16.5. The van der Waals surface area contributed by atoms with Crippen molar-refractivity contribution in [2.45, 2.75) is 51.5 Å². The summed E-state index contributed by atoms with van der Waals surface area (Å²) in [6, 6.07) is 8.24. The van der Waals surface area contributed by atoms with Crippen LogP contribution in [-0.2, 0) is 11.3 Å². The first-order valence-corrected chi connectivity index (χ1v) is 9.71. The smallest absolute Gasteiger partial charge is 0.319 e. The van der Waals surface area contributed by atoms with Gasteiger partial charge < -0.3 is 20.3 Å². The molecule has 0 saturated carbocycles. The van der Waals surface area contributed by atoms with Crippen molar-refractivity contribution in [1.29, 1.82) is 0 Å². The van der Waals surface area contributed by atoms with E-state index >= 15 is 0 Å². The van der Waals surface area contributed by atoms with E-state index in [9.17, 15) is 4.79 Å². The van der Waals surface area contributed by atoms with Gasteiger partial charge in [-0.3, -0.25) is 4.90 Å². The maximum atomic E-state index is 12.4. The van der Waals surface area contributed by atoms with Crippen LogP contribution >= 0.6 is 0 Å². The monoisotopic (exact) mass is 360 g/mol. The Morgan fingerprint density at radius 2 is 1.81 bits per heavy atom. The number of urea groups is 1. The van der Waals surface area contributed by atoms with Crippen molar-refractivity contribution in [2.75, 3.05) is 38.5 Å². The van der Waals surface area contributed by atoms with E-state index in [2.05, 4.69) is 47.4 Å². The quantitative estimate of drug-likeness (QED) is 0.866. The SMILES string of the molecule is CC1CN(Cc2ccccc2NC(=O)NC2CCN(C)CC2)CC(C)O1. The molecule has 0 aromatic heterocycles. The Morgan fingerprint density at radius 1 is 1.15 bits per heavy atom. The van der Waals surface area contributed by atoms with E-state index in [0.717, 1.165) is 56.8 Å². The molecule has 26 heavy (non-hydrogen) atoms. The summed E-state index contributed by atoms with van der Waals surface area (Å²) < 4.78 is 5.82. The summed E-state index contributed by atoms with van der Waals surface area (Å²) in [6.45, 7) is 8.96. The molecule has 2 aliphatic heterocycles. The van der Waals surface area contributed by atoms with Crippen LogP contribution in [0.4, 0.5) is 10.5 Å². The van der Waals surface area contributed by atoms with E-state index < -0.39 is 0 Å². The van der Waals surface area contributed by atoms with Gasteiger partial charge in [-0.1, -0.05) is 18.2 Å². The number of piperidine rings is 1. The van der Waals surface area contributed by atoms with Gasteiger partial charge in [0.05, 0.1) is 12.2 Å². The van der Waals surface area contributed by atoms with E-state index in [1.807, 2.05) is 18.2 Å². The van der Waals surface area contributed by atoms with Gasteiger partial charge in [0.25, 0.3) is 0 Å². The van der Waals surface area contributed by atoms with Gasteiger partial charge in [0, 0.05) is 31.4 Å². The minimum absolute atomic E-state index is 0.101. The number of nitrogens with zero attached hydrogens (tertiary/aromatic N) is 2. The molecule has 0 spiro atoms. The van der Waals surface area contributed by atoms with E-state index in [1.54, 1.807) is 0 Å². The molecule has 2 saturated heterocycles. The maximum absolute atomic E-state index is 12.4. The highest BCUT2D eigenvalue weighted by Crippen LogP contribution is 2.20. The van der Waals surface area contributed by atoms with E-state index in [0.29, 0.717) is 0 Å². The number of para-hydroxylation sites is 1. The van der Waals surface area contributed by atoms with Gasteiger partial charge in [-0.05, 0) is 58.5 Å². The van der Waals surface area contributed by atoms with Crippen LogP contribution in [0.1, 0.15) is 32.3 Å². The average molecular weight is 361 g/mol. The first-order chi connectivity index (χ1) is 12.5. The van der Waals surface area contributed by atoms with E-state index in [4.69, 9.17) is 4.74 Å². The van der Waals surface area contributed by atoms with Crippen molar-refractivity contribution < 1.29 is 9.53 Å². The third kappa shape index (κ3) is 5.43. The Hall–Kier alpha value is -1.63. The maximum Gasteiger partial charge on any atom is 0.319 e. The zero-order valence-electron chi connectivity index (χ0n) is 16.2. The number of hydrogen-bond donors (Lipinski definition) is 2. The second kappa shape index (κ2) is 8.84. The molecular formula is C20H32N4O2. The summed E-state index contributed by atoms with van der Waals surface area (Å²) in [5, 5.41) is 6.18. The number of amides is 2. The molecule has 1 aromatic carbocycles. The molecule has 0 aliphatic carbocycles. The van der Waals surface area contributed by atoms with Crippen LogP contribution in [0.2, 0.25) is 0 Å². The van der Waals surface area contributed by atoms with Crippen LogP contribution in [0.5, 0.6) is 0 Å². The molecule has 6 heteroatoms. The van der Waals surface area contributed by atoms with Gasteiger partial charge in [0.2, 0.25) is 0 Å². The number of anilines is 1. The van der Waals surface area contributed by atoms with Gasteiger partial charge in [0.15, 0.2) is 0 Å². The van der Waals surface area contributed by atoms with Gasteiger partial charge in [0.1, 0.15) is 0 Å². The molecule has 2 aliphatic rings. The molecule has 1 aromatic rings. The Bertz CT molecular complexity index is 591. The van der Waals surface area contributed by atoms with Crippen molar-refractivity contribution in [2.24, 2.45) is 0 Å². The Balaban J connectivity index is 1.57. The molecule has 2 amide bonds. The Morgan fingerprint density at radius 3 is 2.50 bits per heavy atom. The number of ether oxygens (including phenoxy) is 1. The lowest BCUT2D eigenvalue weighted by atomic mass is 10.1. The number of nitrogens with one attached hydrogen (secondary N) is 2. The first-order valence-electron chi connectivity index (χ1n) is 9.71. The summed E-state index contributed by atoms with van der Waals surface area (Å²) in [6.07, 6.45) is 2.50. The second-order valence-electron chi connectivity index (χ2n) is 7.78. The lowest BCUT2D eigenvalue weighted by Crippen LogP contribution is -2.45. The minimum atomic E-state index is -0.101. The predicted octanol–water partition coefficient (Wildman–Crippen LogP) is 2.51. The molecule has 2 N–H and O–H groups in total. The highest BCUT2D eigenvalue weighted by Gasteiger charge is 2.23. The van der Waals surface area contributed by atoms with Crippen molar-refractivity contribution in [3.63, 3.8) is 0 Å². The molecule has 2 fully saturated rings. The number of morpholine rings is 1. The van der Waals surface area contributed by atoms with E-state index in [-0.39, 0.29) is 24.3 Å². The standard InChI is InChI=1S/C20H32N4O2/c1-15-12-24(13-16(2)26-15)14-17-6-4-5-7-19(17)22-20(25)21-18-8-10-23(3)11-9-18/h4-7,15-16,18H,8-14H2,1-3H3,(H2,21,22,25). The van der Waals surface area contributed by atoms with Crippen LogP contribution in [-0.4, -0.2) is 67.3 Å². The lowest BCUT2D eigenvalue weighted by Gasteiger charge is -2.35. The van der Waals surface area contributed by atoms with Crippen molar-refractivity contribution >= 4 is 11.7 Å². The third-order valence-electron chi connectivity index (χ3n) is 5.21. The number of benzene rings is 1. The highest BCUT2D eigenvalue weighted by molar-refractivity contribution is 5.90. The third-order valence-corrected chi connectivity index (χ3v) is 5.21.